The number of aromatic nitrogens is 3. The van der Waals surface area contributed by atoms with Gasteiger partial charge in [-0.15, -0.1) is 0 Å². The predicted molar refractivity (Wildman–Crippen MR) is 86.9 cm³/mol. The highest BCUT2D eigenvalue weighted by molar-refractivity contribution is 5.87. The van der Waals surface area contributed by atoms with E-state index in [9.17, 15) is 4.79 Å². The summed E-state index contributed by atoms with van der Waals surface area (Å²) in [4.78, 5) is 28.3. The molecular formula is C17H21N5O. The van der Waals surface area contributed by atoms with E-state index in [-0.39, 0.29) is 0 Å². The average molecular weight is 311 g/mol. The van der Waals surface area contributed by atoms with E-state index in [1.54, 1.807) is 6.33 Å². The Morgan fingerprint density at radius 2 is 2.13 bits per heavy atom. The Morgan fingerprint density at radius 3 is 2.87 bits per heavy atom. The van der Waals surface area contributed by atoms with Crippen LogP contribution in [0.4, 0.5) is 5.82 Å². The fourth-order valence-electron chi connectivity index (χ4n) is 4.25. The molecule has 3 fully saturated rings. The molecule has 6 heteroatoms. The van der Waals surface area contributed by atoms with Gasteiger partial charge in [-0.05, 0) is 36.7 Å². The third kappa shape index (κ3) is 2.11. The summed E-state index contributed by atoms with van der Waals surface area (Å²) in [5.41, 5.74) is 0.888. The highest BCUT2D eigenvalue weighted by atomic mass is 16.2. The molecule has 23 heavy (non-hydrogen) atoms. The molecule has 2 aromatic rings. The number of rotatable bonds is 4. The number of carbonyl (C=O) groups excluding carboxylic acids is 1. The van der Waals surface area contributed by atoms with E-state index in [4.69, 9.17) is 0 Å². The van der Waals surface area contributed by atoms with Crippen LogP contribution in [0.1, 0.15) is 12.8 Å². The summed E-state index contributed by atoms with van der Waals surface area (Å²) in [5, 5.41) is 1.08. The molecule has 2 saturated carbocycles. The van der Waals surface area contributed by atoms with E-state index in [1.807, 2.05) is 12.3 Å². The first-order valence-corrected chi connectivity index (χ1v) is 8.50. The van der Waals surface area contributed by atoms with Gasteiger partial charge in [0.1, 0.15) is 17.8 Å². The zero-order chi connectivity index (χ0) is 15.6. The van der Waals surface area contributed by atoms with Crippen LogP contribution in [0.2, 0.25) is 0 Å². The van der Waals surface area contributed by atoms with Crippen molar-refractivity contribution < 1.29 is 4.79 Å². The normalized spacial score (nSPS) is 28.9. The fourth-order valence-corrected chi connectivity index (χ4v) is 4.25. The van der Waals surface area contributed by atoms with Crippen LogP contribution in [-0.4, -0.2) is 52.4 Å². The molecule has 2 aliphatic carbocycles. The molecule has 5 rings (SSSR count). The highest BCUT2D eigenvalue weighted by Gasteiger charge is 2.57. The van der Waals surface area contributed by atoms with Crippen molar-refractivity contribution in [1.29, 1.82) is 0 Å². The maximum Gasteiger partial charge on any atom is 0.225 e. The largest absolute Gasteiger partial charge is 0.359 e. The van der Waals surface area contributed by atoms with E-state index < -0.39 is 0 Å². The van der Waals surface area contributed by atoms with Crippen LogP contribution >= 0.6 is 0 Å². The maximum atomic E-state index is 12.1. The molecule has 3 aliphatic rings. The molecule has 2 aromatic heterocycles. The van der Waals surface area contributed by atoms with Crippen LogP contribution in [0.5, 0.6) is 0 Å². The average Bonchev–Trinajstić information content (AvgIpc) is 3.39. The van der Waals surface area contributed by atoms with Crippen molar-refractivity contribution in [2.45, 2.75) is 12.8 Å². The molecule has 1 N–H and O–H groups in total. The molecule has 120 valence electrons. The maximum absolute atomic E-state index is 12.1. The Balaban J connectivity index is 1.24. The SMILES string of the molecule is CN(CC1C2CN(C(=O)C3CC3)C[C@H]21)c1ncnc2[nH]ccc12. The van der Waals surface area contributed by atoms with Crippen molar-refractivity contribution >= 4 is 22.8 Å². The van der Waals surface area contributed by atoms with Crippen molar-refractivity contribution in [1.82, 2.24) is 19.9 Å². The Morgan fingerprint density at radius 1 is 1.35 bits per heavy atom. The van der Waals surface area contributed by atoms with Gasteiger partial charge in [0, 0.05) is 38.8 Å². The quantitative estimate of drug-likeness (QED) is 0.929. The van der Waals surface area contributed by atoms with Crippen LogP contribution in [0, 0.1) is 23.7 Å². The number of nitrogens with zero attached hydrogens (tertiary/aromatic N) is 4. The van der Waals surface area contributed by atoms with Gasteiger partial charge in [0.2, 0.25) is 5.91 Å². The lowest BCUT2D eigenvalue weighted by molar-refractivity contribution is -0.132. The lowest BCUT2D eigenvalue weighted by atomic mass is 10.2. The summed E-state index contributed by atoms with van der Waals surface area (Å²) in [6.07, 6.45) is 5.74. The molecule has 0 bridgehead atoms. The van der Waals surface area contributed by atoms with Gasteiger partial charge in [0.15, 0.2) is 0 Å². The second kappa shape index (κ2) is 4.69. The molecule has 1 amide bonds. The second-order valence-electron chi connectivity index (χ2n) is 7.33. The highest BCUT2D eigenvalue weighted by Crippen LogP contribution is 2.53. The van der Waals surface area contributed by atoms with Crippen molar-refractivity contribution in [3.8, 4) is 0 Å². The van der Waals surface area contributed by atoms with Crippen molar-refractivity contribution in [3.05, 3.63) is 18.6 Å². The number of amides is 1. The van der Waals surface area contributed by atoms with Crippen LogP contribution in [0.3, 0.4) is 0 Å². The summed E-state index contributed by atoms with van der Waals surface area (Å²) < 4.78 is 0. The monoisotopic (exact) mass is 311 g/mol. The third-order valence-corrected chi connectivity index (χ3v) is 5.79. The minimum Gasteiger partial charge on any atom is -0.359 e. The van der Waals surface area contributed by atoms with Crippen LogP contribution in [0.25, 0.3) is 11.0 Å². The molecule has 3 heterocycles. The number of hydrogen-bond acceptors (Lipinski definition) is 4. The number of carbonyl (C=O) groups is 1. The number of H-pyrrole nitrogens is 1. The molecule has 0 aromatic carbocycles. The van der Waals surface area contributed by atoms with E-state index >= 15 is 0 Å². The number of piperidine rings is 1. The van der Waals surface area contributed by atoms with Gasteiger partial charge in [0.05, 0.1) is 5.39 Å². The zero-order valence-electron chi connectivity index (χ0n) is 13.3. The summed E-state index contributed by atoms with van der Waals surface area (Å²) in [6.45, 7) is 2.96. The second-order valence-corrected chi connectivity index (χ2v) is 7.33. The van der Waals surface area contributed by atoms with Gasteiger partial charge in [-0.1, -0.05) is 0 Å². The van der Waals surface area contributed by atoms with Gasteiger partial charge in [-0.2, -0.15) is 0 Å². The molecule has 0 radical (unpaired) electrons. The summed E-state index contributed by atoms with van der Waals surface area (Å²) in [7, 11) is 2.11. The molecule has 6 nitrogen and oxygen atoms in total. The van der Waals surface area contributed by atoms with Crippen LogP contribution in [0.15, 0.2) is 18.6 Å². The number of nitrogens with one attached hydrogen (secondary N) is 1. The first-order valence-electron chi connectivity index (χ1n) is 8.50. The predicted octanol–water partition coefficient (Wildman–Crippen LogP) is 1.51. The van der Waals surface area contributed by atoms with Gasteiger partial charge < -0.3 is 14.8 Å². The van der Waals surface area contributed by atoms with E-state index in [0.717, 1.165) is 49.3 Å². The molecular weight excluding hydrogens is 290 g/mol. The smallest absolute Gasteiger partial charge is 0.225 e. The number of aromatic amines is 1. The fraction of sp³-hybridized carbons (Fsp3) is 0.588. The Bertz CT molecular complexity index is 755. The lowest BCUT2D eigenvalue weighted by Crippen LogP contribution is -2.34. The van der Waals surface area contributed by atoms with Gasteiger partial charge in [0.25, 0.3) is 0 Å². The molecule has 2 unspecified atom stereocenters. The van der Waals surface area contributed by atoms with Crippen molar-refractivity contribution in [3.63, 3.8) is 0 Å². The van der Waals surface area contributed by atoms with Crippen molar-refractivity contribution in [2.24, 2.45) is 23.7 Å². The molecule has 3 atom stereocenters. The summed E-state index contributed by atoms with van der Waals surface area (Å²) in [5.74, 6) is 3.86. The number of hydrogen-bond donors (Lipinski definition) is 1. The third-order valence-electron chi connectivity index (χ3n) is 5.79. The molecule has 0 spiro atoms. The minimum atomic E-state index is 0.358. The number of fused-ring (bicyclic) bond motifs is 2. The standard InChI is InChI=1S/C17H21N5O/c1-21(16-11-4-5-18-15(11)19-9-20-16)6-12-13-7-22(8-14(12)13)17(23)10-2-3-10/h4-5,9-10,12-14H,2-3,6-8H2,1H3,(H,18,19,20)/t12?,13-,14?/m0/s1. The number of likely N-dealkylation sites (tertiary alicyclic amines) is 1. The van der Waals surface area contributed by atoms with E-state index in [0.29, 0.717) is 29.6 Å². The van der Waals surface area contributed by atoms with Crippen LogP contribution in [-0.2, 0) is 4.79 Å². The van der Waals surface area contributed by atoms with E-state index in [2.05, 4.69) is 31.8 Å². The van der Waals surface area contributed by atoms with Gasteiger partial charge in [-0.3, -0.25) is 4.79 Å². The van der Waals surface area contributed by atoms with Crippen LogP contribution < -0.4 is 4.90 Å². The first-order chi connectivity index (χ1) is 11.2. The van der Waals surface area contributed by atoms with Crippen molar-refractivity contribution in [2.75, 3.05) is 31.6 Å². The minimum absolute atomic E-state index is 0.358. The Hall–Kier alpha value is -2.11. The Kier molecular flexibility index (Phi) is 2.72. The molecule has 1 aliphatic heterocycles. The first kappa shape index (κ1) is 13.3. The topological polar surface area (TPSA) is 65.1 Å². The number of anilines is 1. The summed E-state index contributed by atoms with van der Waals surface area (Å²) in [6, 6.07) is 2.03. The van der Waals surface area contributed by atoms with Gasteiger partial charge in [-0.25, -0.2) is 9.97 Å². The zero-order valence-corrected chi connectivity index (χ0v) is 13.3. The van der Waals surface area contributed by atoms with E-state index in [1.165, 1.54) is 0 Å². The Labute approximate surface area is 134 Å². The van der Waals surface area contributed by atoms with Gasteiger partial charge >= 0.3 is 0 Å². The summed E-state index contributed by atoms with van der Waals surface area (Å²) >= 11 is 0. The molecule has 1 saturated heterocycles. The lowest BCUT2D eigenvalue weighted by Gasteiger charge is -2.23.